The molecular formula is C29H38F2N4O3. The van der Waals surface area contributed by atoms with Crippen LogP contribution in [0.25, 0.3) is 5.69 Å². The number of amides is 1. The normalized spacial score (nSPS) is 13.4. The predicted molar refractivity (Wildman–Crippen MR) is 143 cm³/mol. The number of rotatable bonds is 11. The van der Waals surface area contributed by atoms with Crippen molar-refractivity contribution in [2.45, 2.75) is 71.8 Å². The van der Waals surface area contributed by atoms with Crippen molar-refractivity contribution in [2.24, 2.45) is 5.92 Å². The van der Waals surface area contributed by atoms with E-state index in [2.05, 4.69) is 47.7 Å². The number of aromatic nitrogens is 2. The molecule has 7 nitrogen and oxygen atoms in total. The molecule has 9 heteroatoms. The summed E-state index contributed by atoms with van der Waals surface area (Å²) in [6.07, 6.45) is 4.48. The van der Waals surface area contributed by atoms with Crippen LogP contribution in [0.15, 0.2) is 55.1 Å². The Morgan fingerprint density at radius 1 is 1.08 bits per heavy atom. The Hall–Kier alpha value is -3.30. The van der Waals surface area contributed by atoms with Crippen LogP contribution >= 0.6 is 0 Å². The first-order valence-corrected chi connectivity index (χ1v) is 12.8. The molecule has 1 amide bonds. The highest BCUT2D eigenvalue weighted by atomic mass is 19.1. The maximum absolute atomic E-state index is 13.8. The third-order valence-electron chi connectivity index (χ3n) is 5.78. The third kappa shape index (κ3) is 9.22. The number of halogens is 2. The van der Waals surface area contributed by atoms with E-state index in [0.29, 0.717) is 18.0 Å². The predicted octanol–water partition coefficient (Wildman–Crippen LogP) is 4.94. The summed E-state index contributed by atoms with van der Waals surface area (Å²) in [7, 11) is 0. The van der Waals surface area contributed by atoms with Crippen LogP contribution in [0.4, 0.5) is 13.6 Å². The second-order valence-electron chi connectivity index (χ2n) is 11.0. The summed E-state index contributed by atoms with van der Waals surface area (Å²) < 4.78 is 34.8. The molecule has 0 saturated heterocycles. The maximum atomic E-state index is 13.8. The summed E-state index contributed by atoms with van der Waals surface area (Å²) >= 11 is 0. The lowest BCUT2D eigenvalue weighted by molar-refractivity contribution is 0.0422. The Labute approximate surface area is 223 Å². The van der Waals surface area contributed by atoms with E-state index in [1.54, 1.807) is 33.3 Å². The van der Waals surface area contributed by atoms with Gasteiger partial charge in [0.1, 0.15) is 17.2 Å². The summed E-state index contributed by atoms with van der Waals surface area (Å²) in [5, 5.41) is 17.0. The van der Waals surface area contributed by atoms with Crippen LogP contribution in [0.1, 0.15) is 51.3 Å². The minimum atomic E-state index is -1.07. The van der Waals surface area contributed by atoms with Crippen molar-refractivity contribution in [3.8, 4) is 5.69 Å². The van der Waals surface area contributed by atoms with Crippen LogP contribution in [-0.2, 0) is 24.1 Å². The lowest BCUT2D eigenvalue weighted by atomic mass is 9.99. The molecule has 0 aliphatic rings. The number of nitrogens with one attached hydrogen (secondary N) is 2. The largest absolute Gasteiger partial charge is 0.444 e. The Balaban J connectivity index is 1.74. The highest BCUT2D eigenvalue weighted by Gasteiger charge is 2.25. The Bertz CT molecular complexity index is 1170. The number of imidazole rings is 1. The number of hydrogen-bond donors (Lipinski definition) is 3. The van der Waals surface area contributed by atoms with Gasteiger partial charge in [0.25, 0.3) is 0 Å². The highest BCUT2D eigenvalue weighted by molar-refractivity contribution is 5.68. The van der Waals surface area contributed by atoms with Gasteiger partial charge >= 0.3 is 6.09 Å². The van der Waals surface area contributed by atoms with E-state index in [1.807, 2.05) is 10.8 Å². The van der Waals surface area contributed by atoms with Gasteiger partial charge in [0.15, 0.2) is 0 Å². The molecule has 0 bridgehead atoms. The molecule has 2 aromatic carbocycles. The van der Waals surface area contributed by atoms with Gasteiger partial charge in [-0.25, -0.2) is 18.6 Å². The number of alkyl carbamates (subject to hydrolysis) is 1. The topological polar surface area (TPSA) is 88.4 Å². The Morgan fingerprint density at radius 3 is 2.39 bits per heavy atom. The lowest BCUT2D eigenvalue weighted by Crippen LogP contribution is -2.50. The molecule has 3 rings (SSSR count). The van der Waals surface area contributed by atoms with E-state index in [9.17, 15) is 18.7 Å². The molecule has 38 heavy (non-hydrogen) atoms. The zero-order chi connectivity index (χ0) is 27.9. The van der Waals surface area contributed by atoms with Crippen molar-refractivity contribution in [2.75, 3.05) is 6.54 Å². The lowest BCUT2D eigenvalue weighted by Gasteiger charge is -2.27. The number of hydrogen-bond acceptors (Lipinski definition) is 5. The number of aliphatic hydroxyl groups is 1. The molecule has 206 valence electrons. The van der Waals surface area contributed by atoms with Crippen LogP contribution in [0, 0.1) is 17.6 Å². The number of ether oxygens (including phenoxy) is 1. The van der Waals surface area contributed by atoms with Crippen molar-refractivity contribution in [1.82, 2.24) is 20.2 Å². The Kier molecular flexibility index (Phi) is 9.99. The van der Waals surface area contributed by atoms with Crippen molar-refractivity contribution in [1.29, 1.82) is 0 Å². The molecule has 2 atom stereocenters. The fourth-order valence-corrected chi connectivity index (χ4v) is 4.25. The molecule has 3 aromatic rings. The molecule has 1 heterocycles. The maximum Gasteiger partial charge on any atom is 0.407 e. The summed E-state index contributed by atoms with van der Waals surface area (Å²) in [5.74, 6) is -0.946. The van der Waals surface area contributed by atoms with Crippen molar-refractivity contribution in [3.05, 3.63) is 83.4 Å². The second-order valence-corrected chi connectivity index (χ2v) is 11.0. The first-order valence-electron chi connectivity index (χ1n) is 12.8. The van der Waals surface area contributed by atoms with Gasteiger partial charge in [0.05, 0.1) is 24.2 Å². The van der Waals surface area contributed by atoms with Crippen LogP contribution in [0.3, 0.4) is 0 Å². The van der Waals surface area contributed by atoms with Gasteiger partial charge in [-0.2, -0.15) is 0 Å². The SMILES string of the molecule is CC(C)Cc1ccc(-n2ccnc2)c(CNC[C@@H](O)C(Cc2cc(F)cc(F)c2)NC(=O)OC(C)(C)C)c1. The molecule has 0 fully saturated rings. The zero-order valence-electron chi connectivity index (χ0n) is 22.7. The summed E-state index contributed by atoms with van der Waals surface area (Å²) in [6.45, 7) is 10.1. The van der Waals surface area contributed by atoms with Gasteiger partial charge in [-0.15, -0.1) is 0 Å². The summed E-state index contributed by atoms with van der Waals surface area (Å²) in [6, 6.07) is 8.60. The molecular weight excluding hydrogens is 490 g/mol. The molecule has 0 spiro atoms. The number of nitrogens with zero attached hydrogens (tertiary/aromatic N) is 2. The van der Waals surface area contributed by atoms with Crippen molar-refractivity contribution in [3.63, 3.8) is 0 Å². The second kappa shape index (κ2) is 13.0. The first-order chi connectivity index (χ1) is 17.9. The monoisotopic (exact) mass is 528 g/mol. The van der Waals surface area contributed by atoms with Gasteiger partial charge in [0.2, 0.25) is 0 Å². The Morgan fingerprint density at radius 2 is 1.79 bits per heavy atom. The number of carbonyl (C=O) groups excluding carboxylic acids is 1. The molecule has 3 N–H and O–H groups in total. The standard InChI is InChI=1S/C29H38F2N4O3/c1-19(2)10-20-6-7-26(35-9-8-32-18-35)22(11-20)16-33-17-27(36)25(34-28(37)38-29(3,4)5)14-21-12-23(30)15-24(31)13-21/h6-9,11-13,15,18-19,25,27,33,36H,10,14,16-17H2,1-5H3,(H,34,37)/t25?,27-/m1/s1. The highest BCUT2D eigenvalue weighted by Crippen LogP contribution is 2.19. The van der Waals surface area contributed by atoms with Crippen LogP contribution in [-0.4, -0.2) is 45.0 Å². The smallest absolute Gasteiger partial charge is 0.407 e. The number of benzene rings is 2. The zero-order valence-corrected chi connectivity index (χ0v) is 22.7. The van der Waals surface area contributed by atoms with E-state index in [1.165, 1.54) is 17.7 Å². The number of carbonyl (C=O) groups is 1. The molecule has 0 radical (unpaired) electrons. The van der Waals surface area contributed by atoms with Gasteiger partial charge in [-0.05, 0) is 74.4 Å². The van der Waals surface area contributed by atoms with E-state index in [4.69, 9.17) is 4.74 Å². The minimum Gasteiger partial charge on any atom is -0.444 e. The van der Waals surface area contributed by atoms with E-state index in [0.717, 1.165) is 23.7 Å². The minimum absolute atomic E-state index is 0.0148. The average Bonchev–Trinajstić information content (AvgIpc) is 3.31. The van der Waals surface area contributed by atoms with Gasteiger partial charge in [0, 0.05) is 31.5 Å². The molecule has 0 aliphatic heterocycles. The fraction of sp³-hybridized carbons (Fsp3) is 0.448. The van der Waals surface area contributed by atoms with E-state index < -0.39 is 35.5 Å². The fourth-order valence-electron chi connectivity index (χ4n) is 4.25. The van der Waals surface area contributed by atoms with E-state index in [-0.39, 0.29) is 13.0 Å². The molecule has 1 unspecified atom stereocenters. The quantitative estimate of drug-likeness (QED) is 0.328. The van der Waals surface area contributed by atoms with Gasteiger partial charge in [-0.3, -0.25) is 0 Å². The van der Waals surface area contributed by atoms with Crippen molar-refractivity contribution < 1.29 is 23.4 Å². The van der Waals surface area contributed by atoms with Gasteiger partial charge < -0.3 is 25.0 Å². The van der Waals surface area contributed by atoms with Crippen LogP contribution < -0.4 is 10.6 Å². The van der Waals surface area contributed by atoms with Crippen LogP contribution in [0.5, 0.6) is 0 Å². The summed E-state index contributed by atoms with van der Waals surface area (Å²) in [4.78, 5) is 16.6. The third-order valence-corrected chi connectivity index (χ3v) is 5.78. The average molecular weight is 529 g/mol. The summed E-state index contributed by atoms with van der Waals surface area (Å²) in [5.41, 5.74) is 2.77. The molecule has 0 aliphatic carbocycles. The molecule has 1 aromatic heterocycles. The van der Waals surface area contributed by atoms with Gasteiger partial charge in [-0.1, -0.05) is 26.0 Å². The molecule has 0 saturated carbocycles. The van der Waals surface area contributed by atoms with E-state index >= 15 is 0 Å². The van der Waals surface area contributed by atoms with Crippen molar-refractivity contribution >= 4 is 6.09 Å². The van der Waals surface area contributed by atoms with Crippen LogP contribution in [0.2, 0.25) is 0 Å². The first kappa shape index (κ1) is 29.3. The number of aliphatic hydroxyl groups excluding tert-OH is 1.